The minimum absolute atomic E-state index is 0.119. The van der Waals surface area contributed by atoms with Crippen LogP contribution in [0.1, 0.15) is 45.5 Å². The van der Waals surface area contributed by atoms with Gasteiger partial charge in [0.1, 0.15) is 0 Å². The van der Waals surface area contributed by atoms with Crippen molar-refractivity contribution in [3.05, 3.63) is 107 Å². The predicted octanol–water partition coefficient (Wildman–Crippen LogP) is 4.47. The highest BCUT2D eigenvalue weighted by atomic mass is 16.5. The smallest absolute Gasteiger partial charge is 0.315 e. The van der Waals surface area contributed by atoms with Gasteiger partial charge in [-0.1, -0.05) is 72.3 Å². The molecule has 0 aliphatic carbocycles. The molecule has 3 aromatic carbocycles. The Hall–Kier alpha value is -3.64. The molecule has 35 heavy (non-hydrogen) atoms. The van der Waals surface area contributed by atoms with E-state index in [4.69, 9.17) is 4.74 Å². The van der Waals surface area contributed by atoms with Gasteiger partial charge in [-0.15, -0.1) is 0 Å². The van der Waals surface area contributed by atoms with E-state index in [0.717, 1.165) is 24.0 Å². The molecule has 0 unspecified atom stereocenters. The van der Waals surface area contributed by atoms with Crippen LogP contribution in [0, 0.1) is 6.92 Å². The lowest BCUT2D eigenvalue weighted by atomic mass is 9.74. The van der Waals surface area contributed by atoms with Crippen LogP contribution in [0.15, 0.2) is 78.9 Å². The predicted molar refractivity (Wildman–Crippen MR) is 137 cm³/mol. The van der Waals surface area contributed by atoms with E-state index >= 15 is 0 Å². The number of urea groups is 1. The van der Waals surface area contributed by atoms with Crippen molar-refractivity contribution in [3.8, 4) is 0 Å². The molecule has 1 aliphatic rings. The molecule has 0 bridgehead atoms. The SMILES string of the molecule is Cc1ccc(CNC(=O)c2cccc(CNC(=O)NCC3(c4ccccc4)CCOCC3)c2)cc1. The van der Waals surface area contributed by atoms with E-state index in [1.54, 1.807) is 6.07 Å². The van der Waals surface area contributed by atoms with Crippen molar-refractivity contribution in [1.82, 2.24) is 16.0 Å². The van der Waals surface area contributed by atoms with Gasteiger partial charge in [0.15, 0.2) is 0 Å². The zero-order valence-electron chi connectivity index (χ0n) is 20.2. The van der Waals surface area contributed by atoms with Crippen LogP contribution in [0.4, 0.5) is 4.79 Å². The number of carbonyl (C=O) groups is 2. The van der Waals surface area contributed by atoms with Crippen molar-refractivity contribution in [2.45, 2.75) is 38.3 Å². The van der Waals surface area contributed by atoms with Gasteiger partial charge in [-0.3, -0.25) is 4.79 Å². The van der Waals surface area contributed by atoms with Crippen molar-refractivity contribution in [2.24, 2.45) is 0 Å². The van der Waals surface area contributed by atoms with Gasteiger partial charge in [-0.05, 0) is 48.6 Å². The number of carbonyl (C=O) groups excluding carboxylic acids is 2. The second-order valence-electron chi connectivity index (χ2n) is 9.16. The Labute approximate surface area is 207 Å². The summed E-state index contributed by atoms with van der Waals surface area (Å²) in [6, 6.07) is 25.5. The van der Waals surface area contributed by atoms with Gasteiger partial charge < -0.3 is 20.7 Å². The highest BCUT2D eigenvalue weighted by Crippen LogP contribution is 2.34. The molecule has 182 valence electrons. The Kier molecular flexibility index (Phi) is 8.16. The molecule has 4 rings (SSSR count). The van der Waals surface area contributed by atoms with E-state index in [9.17, 15) is 9.59 Å². The number of hydrogen-bond donors (Lipinski definition) is 3. The van der Waals surface area contributed by atoms with Crippen LogP contribution in [-0.2, 0) is 23.2 Å². The molecule has 6 heteroatoms. The maximum Gasteiger partial charge on any atom is 0.315 e. The molecule has 6 nitrogen and oxygen atoms in total. The third-order valence-electron chi connectivity index (χ3n) is 6.64. The number of aryl methyl sites for hydroxylation is 1. The standard InChI is InChI=1S/C29H33N3O3/c1-22-10-12-23(13-11-22)19-30-27(33)25-7-5-6-24(18-25)20-31-28(34)32-21-29(14-16-35-17-15-29)26-8-3-2-4-9-26/h2-13,18H,14-17,19-21H2,1H3,(H,30,33)(H2,31,32,34). The molecule has 3 N–H and O–H groups in total. The molecule has 1 aliphatic heterocycles. The molecule has 3 amide bonds. The van der Waals surface area contributed by atoms with Gasteiger partial charge in [-0.25, -0.2) is 4.79 Å². The molecule has 3 aromatic rings. The molecule has 0 radical (unpaired) electrons. The molecule has 1 saturated heterocycles. The molecular formula is C29H33N3O3. The van der Waals surface area contributed by atoms with Crippen molar-refractivity contribution in [3.63, 3.8) is 0 Å². The van der Waals surface area contributed by atoms with E-state index in [1.807, 2.05) is 67.6 Å². The number of amides is 3. The molecule has 1 fully saturated rings. The number of hydrogen-bond acceptors (Lipinski definition) is 3. The Morgan fingerprint density at radius 2 is 1.51 bits per heavy atom. The quantitative estimate of drug-likeness (QED) is 0.453. The van der Waals surface area contributed by atoms with E-state index in [0.29, 0.717) is 38.4 Å². The first-order valence-corrected chi connectivity index (χ1v) is 12.1. The van der Waals surface area contributed by atoms with Crippen molar-refractivity contribution in [1.29, 1.82) is 0 Å². The first-order valence-electron chi connectivity index (χ1n) is 12.1. The van der Waals surface area contributed by atoms with Crippen LogP contribution < -0.4 is 16.0 Å². The summed E-state index contributed by atoms with van der Waals surface area (Å²) in [7, 11) is 0. The van der Waals surface area contributed by atoms with Gasteiger partial charge in [0.25, 0.3) is 5.91 Å². The minimum atomic E-state index is -0.221. The normalized spacial score (nSPS) is 14.7. The van der Waals surface area contributed by atoms with Gasteiger partial charge in [-0.2, -0.15) is 0 Å². The second kappa shape index (κ2) is 11.7. The van der Waals surface area contributed by atoms with Crippen LogP contribution in [0.5, 0.6) is 0 Å². The lowest BCUT2D eigenvalue weighted by Gasteiger charge is -2.38. The molecule has 0 spiro atoms. The Morgan fingerprint density at radius 1 is 0.800 bits per heavy atom. The third-order valence-corrected chi connectivity index (χ3v) is 6.64. The van der Waals surface area contributed by atoms with Crippen LogP contribution in [0.3, 0.4) is 0 Å². The van der Waals surface area contributed by atoms with Crippen LogP contribution in [0.2, 0.25) is 0 Å². The topological polar surface area (TPSA) is 79.5 Å². The lowest BCUT2D eigenvalue weighted by Crippen LogP contribution is -2.47. The summed E-state index contributed by atoms with van der Waals surface area (Å²) >= 11 is 0. The third kappa shape index (κ3) is 6.70. The first kappa shape index (κ1) is 24.5. The van der Waals surface area contributed by atoms with Crippen LogP contribution >= 0.6 is 0 Å². The first-order chi connectivity index (χ1) is 17.0. The molecule has 0 atom stereocenters. The molecule has 0 saturated carbocycles. The van der Waals surface area contributed by atoms with E-state index < -0.39 is 0 Å². The summed E-state index contributed by atoms with van der Waals surface area (Å²) in [4.78, 5) is 25.2. The summed E-state index contributed by atoms with van der Waals surface area (Å²) in [5, 5.41) is 8.93. The number of ether oxygens (including phenoxy) is 1. The molecule has 0 aromatic heterocycles. The number of rotatable bonds is 8. The highest BCUT2D eigenvalue weighted by molar-refractivity contribution is 5.94. The fourth-order valence-electron chi connectivity index (χ4n) is 4.43. The summed E-state index contributed by atoms with van der Waals surface area (Å²) in [5.74, 6) is -0.138. The van der Waals surface area contributed by atoms with Crippen molar-refractivity contribution in [2.75, 3.05) is 19.8 Å². The Morgan fingerprint density at radius 3 is 2.26 bits per heavy atom. The summed E-state index contributed by atoms with van der Waals surface area (Å²) in [5.41, 5.74) is 4.79. The second-order valence-corrected chi connectivity index (χ2v) is 9.16. The van der Waals surface area contributed by atoms with Gasteiger partial charge >= 0.3 is 6.03 Å². The van der Waals surface area contributed by atoms with Crippen LogP contribution in [0.25, 0.3) is 0 Å². The molecular weight excluding hydrogens is 438 g/mol. The summed E-state index contributed by atoms with van der Waals surface area (Å²) in [6.07, 6.45) is 1.74. The number of benzene rings is 3. The molecule has 1 heterocycles. The van der Waals surface area contributed by atoms with Gasteiger partial charge in [0.2, 0.25) is 0 Å². The minimum Gasteiger partial charge on any atom is -0.381 e. The highest BCUT2D eigenvalue weighted by Gasteiger charge is 2.34. The Balaban J connectivity index is 1.29. The average molecular weight is 472 g/mol. The zero-order valence-corrected chi connectivity index (χ0v) is 20.2. The maximum atomic E-state index is 12.6. The van der Waals surface area contributed by atoms with E-state index in [2.05, 4.69) is 28.1 Å². The Bertz CT molecular complexity index is 1120. The maximum absolute atomic E-state index is 12.6. The summed E-state index contributed by atoms with van der Waals surface area (Å²) < 4.78 is 5.57. The zero-order chi connectivity index (χ0) is 24.5. The monoisotopic (exact) mass is 471 g/mol. The lowest BCUT2D eigenvalue weighted by molar-refractivity contribution is 0.0507. The van der Waals surface area contributed by atoms with Crippen LogP contribution in [-0.4, -0.2) is 31.7 Å². The fourth-order valence-corrected chi connectivity index (χ4v) is 4.43. The van der Waals surface area contributed by atoms with E-state index in [1.165, 1.54) is 11.1 Å². The van der Waals surface area contributed by atoms with Crippen molar-refractivity contribution >= 4 is 11.9 Å². The fraction of sp³-hybridized carbons (Fsp3) is 0.310. The number of nitrogens with one attached hydrogen (secondary N) is 3. The average Bonchev–Trinajstić information content (AvgIpc) is 2.91. The van der Waals surface area contributed by atoms with E-state index in [-0.39, 0.29) is 17.4 Å². The van der Waals surface area contributed by atoms with Gasteiger partial charge in [0.05, 0.1) is 0 Å². The van der Waals surface area contributed by atoms with Gasteiger partial charge in [0, 0.05) is 43.8 Å². The largest absolute Gasteiger partial charge is 0.381 e. The van der Waals surface area contributed by atoms with Crippen molar-refractivity contribution < 1.29 is 14.3 Å². The summed E-state index contributed by atoms with van der Waals surface area (Å²) in [6.45, 7) is 4.78.